The Morgan fingerprint density at radius 3 is 2.62 bits per heavy atom. The molecule has 110 valence electrons. The SMILES string of the molecule is Nc1nc(N2CCCC2)sc1C(=O)Nc1ccc(F)cc1. The fourth-order valence-corrected chi connectivity index (χ4v) is 3.18. The Kier molecular flexibility index (Phi) is 3.74. The standard InChI is InChI=1S/C14H15FN4OS/c15-9-3-5-10(6-4-9)17-13(20)11-12(16)18-14(21-11)19-7-1-2-8-19/h3-6H,1-2,7-8,16H2,(H,17,20). The summed E-state index contributed by atoms with van der Waals surface area (Å²) in [5, 5.41) is 3.48. The Balaban J connectivity index is 1.76. The number of nitrogens with two attached hydrogens (primary N) is 1. The summed E-state index contributed by atoms with van der Waals surface area (Å²) in [6.07, 6.45) is 2.27. The van der Waals surface area contributed by atoms with Gasteiger partial charge in [-0.15, -0.1) is 0 Å². The summed E-state index contributed by atoms with van der Waals surface area (Å²) in [6, 6.07) is 5.60. The summed E-state index contributed by atoms with van der Waals surface area (Å²) in [5.41, 5.74) is 6.36. The summed E-state index contributed by atoms with van der Waals surface area (Å²) >= 11 is 1.29. The predicted octanol–water partition coefficient (Wildman–Crippen LogP) is 2.72. The van der Waals surface area contributed by atoms with Gasteiger partial charge in [-0.25, -0.2) is 9.37 Å². The van der Waals surface area contributed by atoms with Crippen molar-refractivity contribution in [3.8, 4) is 0 Å². The minimum absolute atomic E-state index is 0.238. The van der Waals surface area contributed by atoms with Gasteiger partial charge in [0.2, 0.25) is 0 Å². The molecule has 1 saturated heterocycles. The second-order valence-electron chi connectivity index (χ2n) is 4.87. The number of halogens is 1. The minimum Gasteiger partial charge on any atom is -0.382 e. The van der Waals surface area contributed by atoms with Gasteiger partial charge in [-0.2, -0.15) is 0 Å². The van der Waals surface area contributed by atoms with Crippen LogP contribution < -0.4 is 16.0 Å². The van der Waals surface area contributed by atoms with Crippen LogP contribution in [-0.4, -0.2) is 24.0 Å². The molecule has 0 unspecified atom stereocenters. The number of carbonyl (C=O) groups excluding carboxylic acids is 1. The van der Waals surface area contributed by atoms with Crippen molar-refractivity contribution in [2.75, 3.05) is 29.0 Å². The first-order valence-corrected chi connectivity index (χ1v) is 7.53. The van der Waals surface area contributed by atoms with E-state index in [4.69, 9.17) is 5.73 Å². The first kappa shape index (κ1) is 13.8. The Morgan fingerprint density at radius 1 is 1.29 bits per heavy atom. The van der Waals surface area contributed by atoms with Gasteiger partial charge >= 0.3 is 0 Å². The van der Waals surface area contributed by atoms with Gasteiger partial charge in [0.25, 0.3) is 5.91 Å². The Labute approximate surface area is 125 Å². The number of nitrogens with zero attached hydrogens (tertiary/aromatic N) is 2. The average Bonchev–Trinajstić information content (AvgIpc) is 3.10. The smallest absolute Gasteiger partial charge is 0.269 e. The second-order valence-corrected chi connectivity index (χ2v) is 5.84. The summed E-state index contributed by atoms with van der Waals surface area (Å²) in [5.74, 6) is -0.426. The molecule has 0 spiro atoms. The molecule has 3 rings (SSSR count). The van der Waals surface area contributed by atoms with E-state index in [1.807, 2.05) is 0 Å². The Bertz CT molecular complexity index is 649. The molecule has 0 radical (unpaired) electrons. The van der Waals surface area contributed by atoms with Gasteiger partial charge in [-0.1, -0.05) is 11.3 Å². The van der Waals surface area contributed by atoms with Crippen molar-refractivity contribution >= 4 is 33.9 Å². The van der Waals surface area contributed by atoms with Gasteiger partial charge in [-0.3, -0.25) is 4.79 Å². The van der Waals surface area contributed by atoms with Crippen molar-refractivity contribution in [3.63, 3.8) is 0 Å². The molecule has 1 aromatic heterocycles. The van der Waals surface area contributed by atoms with Gasteiger partial charge in [0.15, 0.2) is 5.13 Å². The molecule has 0 aliphatic carbocycles. The number of aromatic nitrogens is 1. The lowest BCUT2D eigenvalue weighted by atomic mass is 10.3. The van der Waals surface area contributed by atoms with Gasteiger partial charge in [0.05, 0.1) is 0 Å². The predicted molar refractivity (Wildman–Crippen MR) is 82.3 cm³/mol. The summed E-state index contributed by atoms with van der Waals surface area (Å²) < 4.78 is 12.8. The first-order valence-electron chi connectivity index (χ1n) is 6.71. The molecule has 0 saturated carbocycles. The second kappa shape index (κ2) is 5.69. The van der Waals surface area contributed by atoms with E-state index in [0.29, 0.717) is 10.6 Å². The molecule has 1 amide bonds. The molecule has 0 atom stereocenters. The molecule has 3 N–H and O–H groups in total. The average molecular weight is 306 g/mol. The highest BCUT2D eigenvalue weighted by atomic mass is 32.1. The molecule has 7 heteroatoms. The van der Waals surface area contributed by atoms with Crippen LogP contribution in [-0.2, 0) is 0 Å². The number of carbonyl (C=O) groups is 1. The normalized spacial score (nSPS) is 14.4. The fourth-order valence-electron chi connectivity index (χ4n) is 2.25. The van der Waals surface area contributed by atoms with E-state index < -0.39 is 0 Å². The van der Waals surface area contributed by atoms with Crippen molar-refractivity contribution in [3.05, 3.63) is 35.0 Å². The molecule has 2 aromatic rings. The number of thiazole rings is 1. The van der Waals surface area contributed by atoms with Crippen LogP contribution in [0.4, 0.5) is 21.0 Å². The zero-order valence-corrected chi connectivity index (χ0v) is 12.1. The number of nitrogen functional groups attached to an aromatic ring is 1. The third kappa shape index (κ3) is 2.97. The highest BCUT2D eigenvalue weighted by Crippen LogP contribution is 2.30. The van der Waals surface area contributed by atoms with Crippen LogP contribution in [0.15, 0.2) is 24.3 Å². The number of rotatable bonds is 3. The van der Waals surface area contributed by atoms with E-state index in [-0.39, 0.29) is 17.5 Å². The number of hydrogen-bond donors (Lipinski definition) is 2. The van der Waals surface area contributed by atoms with Crippen LogP contribution in [0.3, 0.4) is 0 Å². The fraction of sp³-hybridized carbons (Fsp3) is 0.286. The van der Waals surface area contributed by atoms with E-state index in [9.17, 15) is 9.18 Å². The molecule has 1 aliphatic rings. The Morgan fingerprint density at radius 2 is 1.95 bits per heavy atom. The molecule has 1 fully saturated rings. The van der Waals surface area contributed by atoms with E-state index >= 15 is 0 Å². The monoisotopic (exact) mass is 306 g/mol. The third-order valence-electron chi connectivity index (χ3n) is 3.33. The summed E-state index contributed by atoms with van der Waals surface area (Å²) in [4.78, 5) is 19.0. The Hall–Kier alpha value is -2.15. The van der Waals surface area contributed by atoms with Crippen molar-refractivity contribution < 1.29 is 9.18 Å². The molecule has 0 bridgehead atoms. The van der Waals surface area contributed by atoms with Gasteiger partial charge < -0.3 is 16.0 Å². The van der Waals surface area contributed by atoms with Crippen LogP contribution in [0.5, 0.6) is 0 Å². The third-order valence-corrected chi connectivity index (χ3v) is 4.46. The van der Waals surface area contributed by atoms with Crippen molar-refractivity contribution in [2.24, 2.45) is 0 Å². The first-order chi connectivity index (χ1) is 10.1. The van der Waals surface area contributed by atoms with Crippen molar-refractivity contribution in [1.82, 2.24) is 4.98 Å². The number of benzene rings is 1. The quantitative estimate of drug-likeness (QED) is 0.914. The van der Waals surface area contributed by atoms with E-state index in [1.165, 1.54) is 35.6 Å². The maximum atomic E-state index is 12.8. The zero-order valence-electron chi connectivity index (χ0n) is 11.3. The zero-order chi connectivity index (χ0) is 14.8. The van der Waals surface area contributed by atoms with Gasteiger partial charge in [0.1, 0.15) is 16.5 Å². The number of anilines is 3. The molecular formula is C14H15FN4OS. The number of amides is 1. The number of nitrogens with one attached hydrogen (secondary N) is 1. The lowest BCUT2D eigenvalue weighted by Gasteiger charge is -2.11. The molecule has 5 nitrogen and oxygen atoms in total. The molecule has 1 aliphatic heterocycles. The minimum atomic E-state index is -0.346. The van der Waals surface area contributed by atoms with Crippen LogP contribution >= 0.6 is 11.3 Å². The van der Waals surface area contributed by atoms with Crippen molar-refractivity contribution in [1.29, 1.82) is 0 Å². The lowest BCUT2D eigenvalue weighted by Crippen LogP contribution is -2.17. The number of hydrogen-bond acceptors (Lipinski definition) is 5. The van der Waals surface area contributed by atoms with E-state index in [2.05, 4.69) is 15.2 Å². The maximum Gasteiger partial charge on any atom is 0.269 e. The lowest BCUT2D eigenvalue weighted by molar-refractivity contribution is 0.103. The highest BCUT2D eigenvalue weighted by Gasteiger charge is 2.21. The van der Waals surface area contributed by atoms with Gasteiger partial charge in [-0.05, 0) is 37.1 Å². The largest absolute Gasteiger partial charge is 0.382 e. The van der Waals surface area contributed by atoms with E-state index in [1.54, 1.807) is 0 Å². The van der Waals surface area contributed by atoms with Crippen LogP contribution in [0.25, 0.3) is 0 Å². The molecular weight excluding hydrogens is 291 g/mol. The maximum absolute atomic E-state index is 12.8. The van der Waals surface area contributed by atoms with Crippen LogP contribution in [0, 0.1) is 5.82 Å². The van der Waals surface area contributed by atoms with Crippen molar-refractivity contribution in [2.45, 2.75) is 12.8 Å². The van der Waals surface area contributed by atoms with Crippen LogP contribution in [0.1, 0.15) is 22.5 Å². The molecule has 2 heterocycles. The van der Waals surface area contributed by atoms with Gasteiger partial charge in [0, 0.05) is 18.8 Å². The highest BCUT2D eigenvalue weighted by molar-refractivity contribution is 7.18. The molecule has 21 heavy (non-hydrogen) atoms. The van der Waals surface area contributed by atoms with E-state index in [0.717, 1.165) is 31.1 Å². The van der Waals surface area contributed by atoms with Crippen LogP contribution in [0.2, 0.25) is 0 Å². The topological polar surface area (TPSA) is 71.2 Å². The summed E-state index contributed by atoms with van der Waals surface area (Å²) in [6.45, 7) is 1.90. The summed E-state index contributed by atoms with van der Waals surface area (Å²) in [7, 11) is 0. The molecule has 1 aromatic carbocycles.